The van der Waals surface area contributed by atoms with Crippen molar-refractivity contribution in [1.82, 2.24) is 4.90 Å². The van der Waals surface area contributed by atoms with Crippen LogP contribution in [-0.2, 0) is 34.7 Å². The molecule has 2 aliphatic heterocycles. The van der Waals surface area contributed by atoms with Gasteiger partial charge in [-0.3, -0.25) is 14.4 Å². The van der Waals surface area contributed by atoms with E-state index in [9.17, 15) is 24.6 Å². The fraction of sp³-hybridized carbons (Fsp3) is 0.256. The molecule has 4 aromatic carbocycles. The monoisotopic (exact) mass is 645 g/mol. The molecule has 3 atom stereocenters. The average Bonchev–Trinajstić information content (AvgIpc) is 3.33. The summed E-state index contributed by atoms with van der Waals surface area (Å²) in [7, 11) is 1.53. The van der Waals surface area contributed by atoms with Crippen LogP contribution in [0.2, 0.25) is 0 Å². The Kier molecular flexibility index (Phi) is 9.43. The number of fused-ring (bicyclic) bond motifs is 2. The summed E-state index contributed by atoms with van der Waals surface area (Å²) in [5.41, 5.74) is 3.12. The molecular weight excluding hydrogens is 606 g/mol. The van der Waals surface area contributed by atoms with Crippen LogP contribution in [0.4, 0.5) is 11.4 Å². The maximum atomic E-state index is 14.1. The van der Waals surface area contributed by atoms with E-state index >= 15 is 0 Å². The molecular formula is C39H39N3O6. The summed E-state index contributed by atoms with van der Waals surface area (Å²) in [6.07, 6.45) is 4.04. The Labute approximate surface area is 280 Å². The van der Waals surface area contributed by atoms with E-state index in [1.54, 1.807) is 77.4 Å². The van der Waals surface area contributed by atoms with Gasteiger partial charge in [-0.15, -0.1) is 0 Å². The highest BCUT2D eigenvalue weighted by Gasteiger charge is 2.52. The van der Waals surface area contributed by atoms with Gasteiger partial charge in [0.2, 0.25) is 5.91 Å². The number of carbonyl (C=O) groups is 3. The van der Waals surface area contributed by atoms with E-state index < -0.39 is 17.4 Å². The number of anilines is 2. The molecule has 246 valence electrons. The summed E-state index contributed by atoms with van der Waals surface area (Å²) in [4.78, 5) is 43.5. The van der Waals surface area contributed by atoms with Gasteiger partial charge in [-0.2, -0.15) is 0 Å². The quantitative estimate of drug-likeness (QED) is 0.204. The van der Waals surface area contributed by atoms with Gasteiger partial charge in [-0.1, -0.05) is 73.7 Å². The molecule has 9 heteroatoms. The molecule has 0 fully saturated rings. The third-order valence-corrected chi connectivity index (χ3v) is 9.30. The van der Waals surface area contributed by atoms with Crippen molar-refractivity contribution in [3.8, 4) is 5.75 Å². The van der Waals surface area contributed by atoms with Crippen molar-refractivity contribution < 1.29 is 29.3 Å². The van der Waals surface area contributed by atoms with Crippen molar-refractivity contribution in [3.05, 3.63) is 137 Å². The predicted molar refractivity (Wildman–Crippen MR) is 183 cm³/mol. The molecule has 4 aromatic rings. The lowest BCUT2D eigenvalue weighted by molar-refractivity contribution is -0.139. The topological polar surface area (TPSA) is 119 Å². The largest absolute Gasteiger partial charge is 0.497 e. The molecule has 9 nitrogen and oxygen atoms in total. The molecule has 0 saturated heterocycles. The van der Waals surface area contributed by atoms with Crippen molar-refractivity contribution in [2.24, 2.45) is 5.92 Å². The lowest BCUT2D eigenvalue weighted by Crippen LogP contribution is -2.46. The van der Waals surface area contributed by atoms with Gasteiger partial charge in [0.25, 0.3) is 11.8 Å². The standard InChI is InChI=1S/C39H39N3O6/c1-26(10-8-17-36(44)41-24-30-15-7-6-14-29(30)21-32(41)25-43)39(47)34-22-33(48-2)18-19-35(34)42(38(39)46)23-27-11-9-16-31(20-27)40-37(45)28-12-4-3-5-13-28/h3-16,18-20,22,26,32,43,47H,17,21,23-25H2,1-2H3,(H,40,45)/b10-8+/t26-,32+,39+/m1/s1. The van der Waals surface area contributed by atoms with Gasteiger partial charge in [0.1, 0.15) is 5.75 Å². The van der Waals surface area contributed by atoms with Crippen LogP contribution in [0.25, 0.3) is 0 Å². The van der Waals surface area contributed by atoms with Crippen molar-refractivity contribution in [2.45, 2.75) is 44.5 Å². The number of amides is 3. The van der Waals surface area contributed by atoms with Crippen LogP contribution in [0.1, 0.15) is 46.0 Å². The minimum absolute atomic E-state index is 0.0590. The molecule has 0 aromatic heterocycles. The van der Waals surface area contributed by atoms with Crippen LogP contribution in [0, 0.1) is 5.92 Å². The highest BCUT2D eigenvalue weighted by atomic mass is 16.5. The summed E-state index contributed by atoms with van der Waals surface area (Å²) >= 11 is 0. The molecule has 0 radical (unpaired) electrons. The summed E-state index contributed by atoms with van der Waals surface area (Å²) in [6.45, 7) is 2.19. The second kappa shape index (κ2) is 13.9. The minimum Gasteiger partial charge on any atom is -0.497 e. The van der Waals surface area contributed by atoms with Crippen LogP contribution in [-0.4, -0.2) is 52.6 Å². The van der Waals surface area contributed by atoms with Crippen LogP contribution in [0.5, 0.6) is 5.75 Å². The van der Waals surface area contributed by atoms with Gasteiger partial charge < -0.3 is 30.1 Å². The number of hydrogen-bond donors (Lipinski definition) is 3. The number of aliphatic hydroxyl groups is 2. The van der Waals surface area contributed by atoms with Gasteiger partial charge in [-0.25, -0.2) is 0 Å². The zero-order chi connectivity index (χ0) is 33.8. The Hall–Kier alpha value is -5.25. The van der Waals surface area contributed by atoms with E-state index in [2.05, 4.69) is 5.32 Å². The Balaban J connectivity index is 1.20. The van der Waals surface area contributed by atoms with E-state index in [1.165, 1.54) is 7.11 Å². The third-order valence-electron chi connectivity index (χ3n) is 9.30. The van der Waals surface area contributed by atoms with Gasteiger partial charge >= 0.3 is 0 Å². The second-order valence-corrected chi connectivity index (χ2v) is 12.3. The fourth-order valence-electron chi connectivity index (χ4n) is 6.60. The van der Waals surface area contributed by atoms with Crippen molar-refractivity contribution in [3.63, 3.8) is 0 Å². The number of methoxy groups -OCH3 is 1. The molecule has 0 unspecified atom stereocenters. The highest BCUT2D eigenvalue weighted by molar-refractivity contribution is 6.07. The van der Waals surface area contributed by atoms with Crippen LogP contribution in [0.15, 0.2) is 109 Å². The molecule has 0 bridgehead atoms. The molecule has 0 aliphatic carbocycles. The fourth-order valence-corrected chi connectivity index (χ4v) is 6.60. The SMILES string of the molecule is COc1ccc2c(c1)[C@@](O)([C@H](C)/C=C/CC(=O)N1Cc3ccccc3C[C@H]1CO)C(=O)N2Cc1cccc(NC(=O)c2ccccc2)c1. The summed E-state index contributed by atoms with van der Waals surface area (Å²) in [5.74, 6) is -1.08. The molecule has 3 amide bonds. The third kappa shape index (κ3) is 6.34. The number of carbonyl (C=O) groups excluding carboxylic acids is 3. The first-order chi connectivity index (χ1) is 23.2. The lowest BCUT2D eigenvalue weighted by Gasteiger charge is -2.36. The van der Waals surface area contributed by atoms with Gasteiger partial charge in [-0.05, 0) is 65.6 Å². The van der Waals surface area contributed by atoms with E-state index in [4.69, 9.17) is 4.74 Å². The maximum Gasteiger partial charge on any atom is 0.264 e. The number of hydrogen-bond acceptors (Lipinski definition) is 6. The molecule has 3 N–H and O–H groups in total. The molecule has 2 heterocycles. The number of benzene rings is 4. The van der Waals surface area contributed by atoms with Gasteiger partial charge in [0, 0.05) is 35.7 Å². The molecule has 48 heavy (non-hydrogen) atoms. The zero-order valence-electron chi connectivity index (χ0n) is 27.0. The normalized spacial score (nSPS) is 19.2. The Morgan fingerprint density at radius 1 is 1.00 bits per heavy atom. The number of aliphatic hydroxyl groups excluding tert-OH is 1. The van der Waals surface area contributed by atoms with Crippen molar-refractivity contribution in [1.29, 1.82) is 0 Å². The van der Waals surface area contributed by atoms with Crippen LogP contribution >= 0.6 is 0 Å². The Morgan fingerprint density at radius 2 is 1.75 bits per heavy atom. The van der Waals surface area contributed by atoms with Crippen molar-refractivity contribution >= 4 is 29.1 Å². The summed E-state index contributed by atoms with van der Waals surface area (Å²) < 4.78 is 5.45. The maximum absolute atomic E-state index is 14.1. The number of nitrogens with zero attached hydrogens (tertiary/aromatic N) is 2. The smallest absolute Gasteiger partial charge is 0.264 e. The first-order valence-electron chi connectivity index (χ1n) is 16.0. The van der Waals surface area contributed by atoms with Crippen molar-refractivity contribution in [2.75, 3.05) is 23.9 Å². The van der Waals surface area contributed by atoms with Crippen LogP contribution in [0.3, 0.4) is 0 Å². The van der Waals surface area contributed by atoms with Gasteiger partial charge in [0.15, 0.2) is 5.60 Å². The molecule has 0 saturated carbocycles. The molecule has 0 spiro atoms. The second-order valence-electron chi connectivity index (χ2n) is 12.3. The van der Waals surface area contributed by atoms with E-state index in [-0.39, 0.29) is 37.4 Å². The van der Waals surface area contributed by atoms with Gasteiger partial charge in [0.05, 0.1) is 32.0 Å². The number of nitrogens with one attached hydrogen (secondary N) is 1. The molecule has 2 aliphatic rings. The summed E-state index contributed by atoms with van der Waals surface area (Å²) in [5, 5.41) is 25.1. The average molecular weight is 646 g/mol. The first-order valence-corrected chi connectivity index (χ1v) is 16.0. The number of rotatable bonds is 10. The Bertz CT molecular complexity index is 1860. The predicted octanol–water partition coefficient (Wildman–Crippen LogP) is 5.21. The number of ether oxygens (including phenoxy) is 1. The zero-order valence-corrected chi connectivity index (χ0v) is 27.0. The Morgan fingerprint density at radius 3 is 2.50 bits per heavy atom. The van der Waals surface area contributed by atoms with E-state index in [0.29, 0.717) is 41.2 Å². The first kappa shape index (κ1) is 32.7. The molecule has 6 rings (SSSR count). The lowest BCUT2D eigenvalue weighted by atomic mass is 9.82. The van der Waals surface area contributed by atoms with E-state index in [1.807, 2.05) is 48.5 Å². The van der Waals surface area contributed by atoms with E-state index in [0.717, 1.165) is 16.7 Å². The van der Waals surface area contributed by atoms with Crippen LogP contribution < -0.4 is 15.0 Å². The minimum atomic E-state index is -1.92. The summed E-state index contributed by atoms with van der Waals surface area (Å²) in [6, 6.07) is 29.0. The highest BCUT2D eigenvalue weighted by Crippen LogP contribution is 2.47.